The standard InChI is InChI=1S/C6H8O4/c7-3-5-6(4-8)10-2-1-9-5/h3-6H,1-2H2. The number of hydrogen-bond acceptors (Lipinski definition) is 4. The Kier molecular flexibility index (Phi) is 2.53. The fourth-order valence-corrected chi connectivity index (χ4v) is 0.792. The van der Waals surface area contributed by atoms with Gasteiger partial charge in [0.1, 0.15) is 12.2 Å². The van der Waals surface area contributed by atoms with Crippen molar-refractivity contribution in [1.29, 1.82) is 0 Å². The van der Waals surface area contributed by atoms with Crippen LogP contribution in [0.15, 0.2) is 0 Å². The second-order valence-corrected chi connectivity index (χ2v) is 1.94. The lowest BCUT2D eigenvalue weighted by molar-refractivity contribution is -0.158. The number of hydrogen-bond donors (Lipinski definition) is 0. The van der Waals surface area contributed by atoms with Crippen molar-refractivity contribution in [2.75, 3.05) is 13.2 Å². The molecule has 1 heterocycles. The van der Waals surface area contributed by atoms with Crippen LogP contribution in [0.2, 0.25) is 0 Å². The maximum absolute atomic E-state index is 10.2. The highest BCUT2D eigenvalue weighted by atomic mass is 16.6. The van der Waals surface area contributed by atoms with Crippen molar-refractivity contribution in [3.63, 3.8) is 0 Å². The van der Waals surface area contributed by atoms with Gasteiger partial charge in [0, 0.05) is 0 Å². The summed E-state index contributed by atoms with van der Waals surface area (Å²) < 4.78 is 9.81. The molecule has 0 amide bonds. The molecule has 1 aliphatic rings. The van der Waals surface area contributed by atoms with Gasteiger partial charge in [-0.3, -0.25) is 0 Å². The normalized spacial score (nSPS) is 33.2. The van der Waals surface area contributed by atoms with Crippen LogP contribution in [0, 0.1) is 0 Å². The average molecular weight is 144 g/mol. The molecule has 10 heavy (non-hydrogen) atoms. The first kappa shape index (κ1) is 7.37. The predicted molar refractivity (Wildman–Crippen MR) is 31.6 cm³/mol. The minimum Gasteiger partial charge on any atom is -0.365 e. The molecule has 0 aromatic rings. The lowest BCUT2D eigenvalue weighted by Crippen LogP contribution is -2.40. The Morgan fingerprint density at radius 3 is 1.70 bits per heavy atom. The minimum absolute atomic E-state index is 0.383. The summed E-state index contributed by atoms with van der Waals surface area (Å²) >= 11 is 0. The number of ether oxygens (including phenoxy) is 2. The van der Waals surface area contributed by atoms with Gasteiger partial charge in [0.05, 0.1) is 13.2 Å². The van der Waals surface area contributed by atoms with Gasteiger partial charge in [0.25, 0.3) is 0 Å². The van der Waals surface area contributed by atoms with Gasteiger partial charge in [0.2, 0.25) is 0 Å². The lowest BCUT2D eigenvalue weighted by Gasteiger charge is -2.23. The number of carbonyl (C=O) groups excluding carboxylic acids is 2. The molecule has 0 aromatic carbocycles. The Bertz CT molecular complexity index is 118. The predicted octanol–water partition coefficient (Wildman–Crippen LogP) is -0.832. The topological polar surface area (TPSA) is 52.6 Å². The SMILES string of the molecule is O=CC1OCCOC1C=O. The second kappa shape index (κ2) is 3.43. The third-order valence-electron chi connectivity index (χ3n) is 1.30. The van der Waals surface area contributed by atoms with Crippen molar-refractivity contribution in [1.82, 2.24) is 0 Å². The van der Waals surface area contributed by atoms with Crippen LogP contribution in [0.25, 0.3) is 0 Å². The first-order valence-corrected chi connectivity index (χ1v) is 3.02. The molecule has 1 rings (SSSR count). The first-order chi connectivity index (χ1) is 4.88. The van der Waals surface area contributed by atoms with Gasteiger partial charge in [0.15, 0.2) is 12.6 Å². The average Bonchev–Trinajstić information content (AvgIpc) is 2.04. The van der Waals surface area contributed by atoms with Crippen LogP contribution < -0.4 is 0 Å². The molecule has 4 nitrogen and oxygen atoms in total. The molecule has 56 valence electrons. The molecule has 0 saturated carbocycles. The summed E-state index contributed by atoms with van der Waals surface area (Å²) in [5.74, 6) is 0. The third-order valence-corrected chi connectivity index (χ3v) is 1.30. The second-order valence-electron chi connectivity index (χ2n) is 1.94. The highest BCUT2D eigenvalue weighted by molar-refractivity contribution is 5.68. The van der Waals surface area contributed by atoms with Gasteiger partial charge in [-0.25, -0.2) is 0 Å². The molecule has 4 heteroatoms. The van der Waals surface area contributed by atoms with Crippen LogP contribution in [0.3, 0.4) is 0 Å². The highest BCUT2D eigenvalue weighted by Crippen LogP contribution is 2.04. The first-order valence-electron chi connectivity index (χ1n) is 3.02. The molecule has 0 spiro atoms. The fourth-order valence-electron chi connectivity index (χ4n) is 0.792. The van der Waals surface area contributed by atoms with E-state index in [0.717, 1.165) is 0 Å². The number of aldehydes is 2. The van der Waals surface area contributed by atoms with Gasteiger partial charge < -0.3 is 19.1 Å². The van der Waals surface area contributed by atoms with Crippen molar-refractivity contribution in [3.05, 3.63) is 0 Å². The summed E-state index contributed by atoms with van der Waals surface area (Å²) in [6, 6.07) is 0. The van der Waals surface area contributed by atoms with E-state index in [1.54, 1.807) is 0 Å². The van der Waals surface area contributed by atoms with Crippen LogP contribution in [-0.4, -0.2) is 38.0 Å². The maximum Gasteiger partial charge on any atom is 0.151 e. The fraction of sp³-hybridized carbons (Fsp3) is 0.667. The Labute approximate surface area is 58.1 Å². The quantitative estimate of drug-likeness (QED) is 0.474. The van der Waals surface area contributed by atoms with E-state index in [0.29, 0.717) is 25.8 Å². The molecule has 1 aliphatic heterocycles. The summed E-state index contributed by atoms with van der Waals surface area (Å²) in [6.45, 7) is 0.765. The number of carbonyl (C=O) groups is 2. The molecule has 0 aliphatic carbocycles. The lowest BCUT2D eigenvalue weighted by atomic mass is 10.2. The Morgan fingerprint density at radius 2 is 1.40 bits per heavy atom. The molecular formula is C6H8O4. The Balaban J connectivity index is 2.49. The summed E-state index contributed by atoms with van der Waals surface area (Å²) in [4.78, 5) is 20.3. The van der Waals surface area contributed by atoms with E-state index >= 15 is 0 Å². The Hall–Kier alpha value is -0.740. The van der Waals surface area contributed by atoms with E-state index in [4.69, 9.17) is 9.47 Å². The number of rotatable bonds is 2. The molecule has 0 bridgehead atoms. The van der Waals surface area contributed by atoms with Crippen LogP contribution >= 0.6 is 0 Å². The van der Waals surface area contributed by atoms with E-state index in [1.807, 2.05) is 0 Å². The molecule has 0 radical (unpaired) electrons. The van der Waals surface area contributed by atoms with Crippen LogP contribution in [-0.2, 0) is 19.1 Å². The third kappa shape index (κ3) is 1.40. The molecule has 1 fully saturated rings. The monoisotopic (exact) mass is 144 g/mol. The summed E-state index contributed by atoms with van der Waals surface area (Å²) in [6.07, 6.45) is -0.242. The largest absolute Gasteiger partial charge is 0.365 e. The van der Waals surface area contributed by atoms with E-state index < -0.39 is 12.2 Å². The summed E-state index contributed by atoms with van der Waals surface area (Å²) in [5.41, 5.74) is 0. The van der Waals surface area contributed by atoms with E-state index in [1.165, 1.54) is 0 Å². The summed E-state index contributed by atoms with van der Waals surface area (Å²) in [7, 11) is 0. The molecular weight excluding hydrogens is 136 g/mol. The molecule has 0 aromatic heterocycles. The van der Waals surface area contributed by atoms with Crippen LogP contribution in [0.4, 0.5) is 0 Å². The summed E-state index contributed by atoms with van der Waals surface area (Å²) in [5, 5.41) is 0. The minimum atomic E-state index is -0.703. The zero-order valence-electron chi connectivity index (χ0n) is 5.36. The van der Waals surface area contributed by atoms with Gasteiger partial charge in [-0.1, -0.05) is 0 Å². The van der Waals surface area contributed by atoms with Crippen LogP contribution in [0.5, 0.6) is 0 Å². The van der Waals surface area contributed by atoms with Gasteiger partial charge in [-0.2, -0.15) is 0 Å². The van der Waals surface area contributed by atoms with Crippen molar-refractivity contribution in [3.8, 4) is 0 Å². The van der Waals surface area contributed by atoms with Gasteiger partial charge in [-0.15, -0.1) is 0 Å². The zero-order valence-corrected chi connectivity index (χ0v) is 5.36. The zero-order chi connectivity index (χ0) is 7.40. The smallest absolute Gasteiger partial charge is 0.151 e. The van der Waals surface area contributed by atoms with Crippen LogP contribution in [0.1, 0.15) is 0 Å². The maximum atomic E-state index is 10.2. The van der Waals surface area contributed by atoms with Crippen molar-refractivity contribution < 1.29 is 19.1 Å². The molecule has 2 unspecified atom stereocenters. The molecule has 0 N–H and O–H groups in total. The van der Waals surface area contributed by atoms with Crippen molar-refractivity contribution >= 4 is 12.6 Å². The molecule has 2 atom stereocenters. The van der Waals surface area contributed by atoms with Gasteiger partial charge in [-0.05, 0) is 0 Å². The van der Waals surface area contributed by atoms with Gasteiger partial charge >= 0.3 is 0 Å². The van der Waals surface area contributed by atoms with Crippen molar-refractivity contribution in [2.45, 2.75) is 12.2 Å². The van der Waals surface area contributed by atoms with E-state index in [9.17, 15) is 9.59 Å². The Morgan fingerprint density at radius 1 is 1.00 bits per heavy atom. The highest BCUT2D eigenvalue weighted by Gasteiger charge is 2.25. The van der Waals surface area contributed by atoms with E-state index in [2.05, 4.69) is 0 Å². The van der Waals surface area contributed by atoms with Crippen molar-refractivity contribution in [2.24, 2.45) is 0 Å². The molecule has 1 saturated heterocycles. The van der Waals surface area contributed by atoms with E-state index in [-0.39, 0.29) is 0 Å².